The molecule has 0 spiro atoms. The van der Waals surface area contributed by atoms with Gasteiger partial charge in [-0.1, -0.05) is 0 Å². The van der Waals surface area contributed by atoms with Crippen molar-refractivity contribution in [2.24, 2.45) is 5.73 Å². The molecule has 1 aromatic rings. The molecule has 1 rings (SSSR count). The Balaban J connectivity index is 3.10. The molecule has 0 heterocycles. The average molecular weight is 339 g/mol. The number of aromatic hydroxyl groups is 1. The van der Waals surface area contributed by atoms with E-state index in [1.807, 2.05) is 6.07 Å². The molecular weight excluding hydrogens is 326 g/mol. The lowest BCUT2D eigenvalue weighted by atomic mass is 10.1. The summed E-state index contributed by atoms with van der Waals surface area (Å²) in [5, 5.41) is 9.87. The zero-order chi connectivity index (χ0) is 11.4. The van der Waals surface area contributed by atoms with Gasteiger partial charge in [0.2, 0.25) is 0 Å². The SMILES string of the molecule is COc1c(Br)cc(CCCN)c(O)c1Br. The summed E-state index contributed by atoms with van der Waals surface area (Å²) in [5.41, 5.74) is 6.29. The molecule has 0 aliphatic heterocycles. The molecule has 5 heteroatoms. The minimum absolute atomic E-state index is 0.225. The molecule has 0 saturated heterocycles. The van der Waals surface area contributed by atoms with Gasteiger partial charge >= 0.3 is 0 Å². The molecule has 3 nitrogen and oxygen atoms in total. The number of ether oxygens (including phenoxy) is 1. The molecule has 0 fully saturated rings. The van der Waals surface area contributed by atoms with Crippen molar-refractivity contribution in [2.75, 3.05) is 13.7 Å². The number of phenolic OH excluding ortho intramolecular Hbond substituents is 1. The summed E-state index contributed by atoms with van der Waals surface area (Å²) in [6, 6.07) is 1.86. The lowest BCUT2D eigenvalue weighted by molar-refractivity contribution is 0.399. The summed E-state index contributed by atoms with van der Waals surface area (Å²) in [5.74, 6) is 0.826. The van der Waals surface area contributed by atoms with Crippen molar-refractivity contribution >= 4 is 31.9 Å². The van der Waals surface area contributed by atoms with Gasteiger partial charge in [-0.2, -0.15) is 0 Å². The highest BCUT2D eigenvalue weighted by Gasteiger charge is 2.14. The third-order valence-corrected chi connectivity index (χ3v) is 3.41. The summed E-state index contributed by atoms with van der Waals surface area (Å²) >= 11 is 6.68. The predicted molar refractivity (Wildman–Crippen MR) is 67.4 cm³/mol. The zero-order valence-corrected chi connectivity index (χ0v) is 11.6. The van der Waals surface area contributed by atoms with Crippen LogP contribution in [0, 0.1) is 0 Å². The van der Waals surface area contributed by atoms with E-state index in [0.717, 1.165) is 22.9 Å². The first-order valence-electron chi connectivity index (χ1n) is 4.55. The van der Waals surface area contributed by atoms with E-state index in [2.05, 4.69) is 31.9 Å². The quantitative estimate of drug-likeness (QED) is 0.887. The Labute approximate surface area is 106 Å². The van der Waals surface area contributed by atoms with Gasteiger partial charge in [0.25, 0.3) is 0 Å². The molecule has 0 aromatic heterocycles. The van der Waals surface area contributed by atoms with Crippen LogP contribution in [-0.2, 0) is 6.42 Å². The van der Waals surface area contributed by atoms with Gasteiger partial charge < -0.3 is 15.6 Å². The highest BCUT2D eigenvalue weighted by Crippen LogP contribution is 2.42. The van der Waals surface area contributed by atoms with Crippen molar-refractivity contribution < 1.29 is 9.84 Å². The number of hydrogen-bond acceptors (Lipinski definition) is 3. The minimum Gasteiger partial charge on any atom is -0.506 e. The zero-order valence-electron chi connectivity index (χ0n) is 8.39. The monoisotopic (exact) mass is 337 g/mol. The topological polar surface area (TPSA) is 55.5 Å². The lowest BCUT2D eigenvalue weighted by Gasteiger charge is -2.11. The van der Waals surface area contributed by atoms with Crippen LogP contribution >= 0.6 is 31.9 Å². The van der Waals surface area contributed by atoms with Crippen LogP contribution in [-0.4, -0.2) is 18.8 Å². The summed E-state index contributed by atoms with van der Waals surface area (Å²) < 4.78 is 6.53. The maximum Gasteiger partial charge on any atom is 0.150 e. The van der Waals surface area contributed by atoms with Crippen LogP contribution in [0.2, 0.25) is 0 Å². The van der Waals surface area contributed by atoms with Gasteiger partial charge in [0.05, 0.1) is 11.6 Å². The number of phenols is 1. The molecule has 0 saturated carbocycles. The second kappa shape index (κ2) is 5.72. The second-order valence-electron chi connectivity index (χ2n) is 3.11. The smallest absolute Gasteiger partial charge is 0.150 e. The molecule has 0 radical (unpaired) electrons. The molecule has 0 aliphatic carbocycles. The number of halogens is 2. The third kappa shape index (κ3) is 2.86. The van der Waals surface area contributed by atoms with Gasteiger partial charge in [0, 0.05) is 0 Å². The highest BCUT2D eigenvalue weighted by atomic mass is 79.9. The van der Waals surface area contributed by atoms with Gasteiger partial charge in [-0.15, -0.1) is 0 Å². The van der Waals surface area contributed by atoms with Crippen molar-refractivity contribution in [3.05, 3.63) is 20.6 Å². The largest absolute Gasteiger partial charge is 0.506 e. The van der Waals surface area contributed by atoms with Crippen LogP contribution in [0.1, 0.15) is 12.0 Å². The van der Waals surface area contributed by atoms with Crippen LogP contribution in [0.15, 0.2) is 15.0 Å². The van der Waals surface area contributed by atoms with Crippen LogP contribution in [0.5, 0.6) is 11.5 Å². The number of nitrogens with two attached hydrogens (primary N) is 1. The van der Waals surface area contributed by atoms with E-state index in [9.17, 15) is 5.11 Å². The van der Waals surface area contributed by atoms with Gasteiger partial charge in [0.1, 0.15) is 10.2 Å². The first-order chi connectivity index (χ1) is 7.11. The van der Waals surface area contributed by atoms with E-state index in [-0.39, 0.29) is 5.75 Å². The fourth-order valence-electron chi connectivity index (χ4n) is 1.31. The predicted octanol–water partition coefficient (Wildman–Crippen LogP) is 2.82. The number of benzene rings is 1. The Bertz CT molecular complexity index is 356. The second-order valence-corrected chi connectivity index (χ2v) is 4.75. The van der Waals surface area contributed by atoms with Crippen LogP contribution in [0.3, 0.4) is 0 Å². The molecule has 0 atom stereocenters. The number of methoxy groups -OCH3 is 1. The van der Waals surface area contributed by atoms with E-state index in [1.54, 1.807) is 7.11 Å². The lowest BCUT2D eigenvalue weighted by Crippen LogP contribution is -2.01. The summed E-state index contributed by atoms with van der Waals surface area (Å²) in [6.07, 6.45) is 1.60. The van der Waals surface area contributed by atoms with E-state index in [4.69, 9.17) is 10.5 Å². The number of rotatable bonds is 4. The molecule has 0 aliphatic rings. The molecule has 1 aromatic carbocycles. The van der Waals surface area contributed by atoms with E-state index >= 15 is 0 Å². The average Bonchev–Trinajstić information content (AvgIpc) is 2.22. The fraction of sp³-hybridized carbons (Fsp3) is 0.400. The van der Waals surface area contributed by atoms with Crippen molar-refractivity contribution in [1.82, 2.24) is 0 Å². The Morgan fingerprint density at radius 2 is 2.13 bits per heavy atom. The molecule has 15 heavy (non-hydrogen) atoms. The molecular formula is C10H13Br2NO2. The van der Waals surface area contributed by atoms with E-state index in [0.29, 0.717) is 16.8 Å². The van der Waals surface area contributed by atoms with Crippen LogP contribution in [0.4, 0.5) is 0 Å². The Hall–Kier alpha value is -0.260. The molecule has 0 bridgehead atoms. The molecule has 3 N–H and O–H groups in total. The van der Waals surface area contributed by atoms with Crippen LogP contribution in [0.25, 0.3) is 0 Å². The van der Waals surface area contributed by atoms with Gasteiger partial charge in [-0.05, 0) is 62.9 Å². The van der Waals surface area contributed by atoms with Gasteiger partial charge in [-0.3, -0.25) is 0 Å². The summed E-state index contributed by atoms with van der Waals surface area (Å²) in [4.78, 5) is 0. The third-order valence-electron chi connectivity index (χ3n) is 2.08. The summed E-state index contributed by atoms with van der Waals surface area (Å²) in [7, 11) is 1.56. The van der Waals surface area contributed by atoms with Gasteiger partial charge in [0.15, 0.2) is 5.75 Å². The molecule has 84 valence electrons. The van der Waals surface area contributed by atoms with E-state index in [1.165, 1.54) is 0 Å². The van der Waals surface area contributed by atoms with Crippen molar-refractivity contribution in [3.63, 3.8) is 0 Å². The minimum atomic E-state index is 0.225. The van der Waals surface area contributed by atoms with Crippen molar-refractivity contribution in [1.29, 1.82) is 0 Å². The van der Waals surface area contributed by atoms with Crippen LogP contribution < -0.4 is 10.5 Å². The molecule has 0 amide bonds. The number of hydrogen-bond donors (Lipinski definition) is 2. The highest BCUT2D eigenvalue weighted by molar-refractivity contribution is 9.11. The maximum atomic E-state index is 9.87. The first-order valence-corrected chi connectivity index (χ1v) is 6.14. The Morgan fingerprint density at radius 3 is 2.67 bits per heavy atom. The molecule has 0 unspecified atom stereocenters. The number of aryl methyl sites for hydroxylation is 1. The van der Waals surface area contributed by atoms with Crippen molar-refractivity contribution in [3.8, 4) is 11.5 Å². The summed E-state index contributed by atoms with van der Waals surface area (Å²) in [6.45, 7) is 0.612. The van der Waals surface area contributed by atoms with Gasteiger partial charge in [-0.25, -0.2) is 0 Å². The Morgan fingerprint density at radius 1 is 1.47 bits per heavy atom. The first kappa shape index (κ1) is 12.8. The van der Waals surface area contributed by atoms with E-state index < -0.39 is 0 Å². The fourth-order valence-corrected chi connectivity index (χ4v) is 2.84. The maximum absolute atomic E-state index is 9.87. The standard InChI is InChI=1S/C10H13Br2NO2/c1-15-10-7(11)5-6(3-2-4-13)9(14)8(10)12/h5,14H,2-4,13H2,1H3. The normalized spacial score (nSPS) is 10.4. The Kier molecular flexibility index (Phi) is 4.89. The van der Waals surface area contributed by atoms with Crippen molar-refractivity contribution in [2.45, 2.75) is 12.8 Å².